The molecule has 0 radical (unpaired) electrons. The molecule has 0 saturated heterocycles. The van der Waals surface area contributed by atoms with Crippen LogP contribution in [0.2, 0.25) is 0 Å². The molecule has 3 aromatic rings. The molecule has 1 aliphatic rings. The van der Waals surface area contributed by atoms with Gasteiger partial charge in [-0.2, -0.15) is 0 Å². The van der Waals surface area contributed by atoms with Crippen LogP contribution in [-0.2, 0) is 12.2 Å². The molecule has 5 heteroatoms. The molecule has 0 fully saturated rings. The first-order valence-electron chi connectivity index (χ1n) is 14.2. The summed E-state index contributed by atoms with van der Waals surface area (Å²) >= 11 is 0. The zero-order chi connectivity index (χ0) is 28.3. The standard InChI is InChI=1S/C25H24O3.C9H20FN/c1-25(27,28)20-12-15-23-19(16-20)8-5-9-22(17-6-3-2-4-7-17)24(23)18-10-13-21(26)14-11-18;1-3-9(2)5-8-11-7-4-6-10/h2-4,6-7,10-16,26-28H,5,8-9H2,1H3;9,11H,3-8H2,1-2H3/t;9-/m.1/s1. The van der Waals surface area contributed by atoms with Crippen molar-refractivity contribution in [3.63, 3.8) is 0 Å². The molecule has 0 aliphatic heterocycles. The van der Waals surface area contributed by atoms with Gasteiger partial charge in [0.05, 0.1) is 6.67 Å². The van der Waals surface area contributed by atoms with Crippen LogP contribution < -0.4 is 5.32 Å². The van der Waals surface area contributed by atoms with Gasteiger partial charge in [0.25, 0.3) is 0 Å². The molecule has 0 bridgehead atoms. The Morgan fingerprint density at radius 3 is 2.28 bits per heavy atom. The predicted octanol–water partition coefficient (Wildman–Crippen LogP) is 7.22. The zero-order valence-corrected chi connectivity index (χ0v) is 23.6. The molecule has 1 atom stereocenters. The van der Waals surface area contributed by atoms with Crippen molar-refractivity contribution in [3.8, 4) is 5.75 Å². The van der Waals surface area contributed by atoms with Gasteiger partial charge >= 0.3 is 0 Å². The largest absolute Gasteiger partial charge is 0.508 e. The van der Waals surface area contributed by atoms with Crippen molar-refractivity contribution in [3.05, 3.63) is 101 Å². The van der Waals surface area contributed by atoms with Crippen LogP contribution in [0, 0.1) is 5.92 Å². The van der Waals surface area contributed by atoms with E-state index in [1.165, 1.54) is 30.9 Å². The molecule has 4 N–H and O–H groups in total. The lowest BCUT2D eigenvalue weighted by Crippen LogP contribution is -2.20. The Bertz CT molecular complexity index is 1180. The number of nitrogens with one attached hydrogen (secondary N) is 1. The summed E-state index contributed by atoms with van der Waals surface area (Å²) in [5, 5.41) is 33.0. The maximum absolute atomic E-state index is 11.6. The summed E-state index contributed by atoms with van der Waals surface area (Å²) in [6.07, 6.45) is 5.89. The third-order valence-corrected chi connectivity index (χ3v) is 7.37. The molecule has 39 heavy (non-hydrogen) atoms. The van der Waals surface area contributed by atoms with E-state index < -0.39 is 5.79 Å². The van der Waals surface area contributed by atoms with E-state index >= 15 is 0 Å². The second kappa shape index (κ2) is 15.0. The van der Waals surface area contributed by atoms with Crippen LogP contribution in [0.1, 0.15) is 80.7 Å². The summed E-state index contributed by atoms with van der Waals surface area (Å²) in [4.78, 5) is 0. The number of halogens is 1. The minimum absolute atomic E-state index is 0.198. The van der Waals surface area contributed by atoms with Crippen molar-refractivity contribution in [1.82, 2.24) is 5.32 Å². The van der Waals surface area contributed by atoms with Gasteiger partial charge in [0.15, 0.2) is 5.79 Å². The molecule has 0 saturated carbocycles. The molecule has 0 heterocycles. The maximum Gasteiger partial charge on any atom is 0.186 e. The van der Waals surface area contributed by atoms with Gasteiger partial charge in [-0.3, -0.25) is 4.39 Å². The van der Waals surface area contributed by atoms with Gasteiger partial charge in [-0.1, -0.05) is 74.9 Å². The number of rotatable bonds is 10. The van der Waals surface area contributed by atoms with Gasteiger partial charge in [-0.05, 0) is 110 Å². The minimum atomic E-state index is -1.86. The number of fused-ring (bicyclic) bond motifs is 1. The Morgan fingerprint density at radius 1 is 0.923 bits per heavy atom. The number of aryl methyl sites for hydroxylation is 1. The summed E-state index contributed by atoms with van der Waals surface area (Å²) in [5.74, 6) is -0.814. The summed E-state index contributed by atoms with van der Waals surface area (Å²) in [6, 6.07) is 23.4. The topological polar surface area (TPSA) is 72.7 Å². The molecule has 0 aromatic heterocycles. The van der Waals surface area contributed by atoms with E-state index in [1.807, 2.05) is 30.3 Å². The quantitative estimate of drug-likeness (QED) is 0.164. The van der Waals surface area contributed by atoms with Gasteiger partial charge in [-0.15, -0.1) is 0 Å². The van der Waals surface area contributed by atoms with E-state index in [9.17, 15) is 19.7 Å². The van der Waals surface area contributed by atoms with Crippen molar-refractivity contribution < 1.29 is 19.7 Å². The van der Waals surface area contributed by atoms with Crippen molar-refractivity contribution in [2.75, 3.05) is 19.8 Å². The Labute approximate surface area is 233 Å². The monoisotopic (exact) mass is 533 g/mol. The first kappa shape index (κ1) is 30.6. The fraction of sp³-hybridized carbons (Fsp3) is 0.412. The van der Waals surface area contributed by atoms with Gasteiger partial charge in [0.1, 0.15) is 5.75 Å². The maximum atomic E-state index is 11.6. The van der Waals surface area contributed by atoms with Crippen LogP contribution in [0.3, 0.4) is 0 Å². The molecule has 0 unspecified atom stereocenters. The smallest absolute Gasteiger partial charge is 0.186 e. The van der Waals surface area contributed by atoms with E-state index in [0.29, 0.717) is 12.0 Å². The highest BCUT2D eigenvalue weighted by Crippen LogP contribution is 2.40. The van der Waals surface area contributed by atoms with E-state index in [-0.39, 0.29) is 12.4 Å². The number of phenolic OH excluding ortho intramolecular Hbond substituents is 1. The van der Waals surface area contributed by atoms with Crippen LogP contribution in [0.5, 0.6) is 5.75 Å². The molecule has 0 amide bonds. The molecule has 4 rings (SSSR count). The van der Waals surface area contributed by atoms with Crippen LogP contribution in [-0.4, -0.2) is 35.1 Å². The Balaban J connectivity index is 0.000000325. The summed E-state index contributed by atoms with van der Waals surface area (Å²) in [7, 11) is 0. The van der Waals surface area contributed by atoms with Gasteiger partial charge in [0.2, 0.25) is 0 Å². The second-order valence-corrected chi connectivity index (χ2v) is 10.6. The summed E-state index contributed by atoms with van der Waals surface area (Å²) < 4.78 is 11.6. The lowest BCUT2D eigenvalue weighted by atomic mass is 9.87. The molecule has 0 spiro atoms. The highest BCUT2D eigenvalue weighted by atomic mass is 19.1. The van der Waals surface area contributed by atoms with Crippen molar-refractivity contribution >= 4 is 11.1 Å². The average molecular weight is 534 g/mol. The van der Waals surface area contributed by atoms with Gasteiger partial charge < -0.3 is 20.6 Å². The average Bonchev–Trinajstić information content (AvgIpc) is 3.13. The number of hydrogen-bond acceptors (Lipinski definition) is 4. The number of aromatic hydroxyl groups is 1. The number of hydrogen-bond donors (Lipinski definition) is 4. The number of alkyl halides is 1. The molecule has 3 aromatic carbocycles. The second-order valence-electron chi connectivity index (χ2n) is 10.6. The first-order chi connectivity index (χ1) is 18.7. The Hall–Kier alpha value is -2.99. The molecular formula is C34H44FNO3. The molecule has 210 valence electrons. The highest BCUT2D eigenvalue weighted by molar-refractivity contribution is 5.99. The van der Waals surface area contributed by atoms with Crippen molar-refractivity contribution in [2.45, 2.75) is 65.1 Å². The van der Waals surface area contributed by atoms with Crippen LogP contribution in [0.15, 0.2) is 72.8 Å². The van der Waals surface area contributed by atoms with E-state index in [2.05, 4.69) is 43.4 Å². The fourth-order valence-corrected chi connectivity index (χ4v) is 4.84. The SMILES string of the molecule is CC(O)(O)c1ccc2c(c1)CCCC(c1ccccc1)=C2c1ccc(O)cc1.CC[C@@H](C)CCNCCCF. The lowest BCUT2D eigenvalue weighted by molar-refractivity contribution is -0.152. The van der Waals surface area contributed by atoms with Crippen LogP contribution >= 0.6 is 0 Å². The van der Waals surface area contributed by atoms with Crippen molar-refractivity contribution in [2.24, 2.45) is 5.92 Å². The number of benzene rings is 3. The first-order valence-corrected chi connectivity index (χ1v) is 14.2. The van der Waals surface area contributed by atoms with Gasteiger partial charge in [-0.25, -0.2) is 0 Å². The molecular weight excluding hydrogens is 489 g/mol. The summed E-state index contributed by atoms with van der Waals surface area (Å²) in [6.45, 7) is 7.50. The summed E-state index contributed by atoms with van der Waals surface area (Å²) in [5.41, 5.74) is 7.37. The van der Waals surface area contributed by atoms with Crippen LogP contribution in [0.4, 0.5) is 4.39 Å². The zero-order valence-electron chi connectivity index (χ0n) is 23.6. The number of aliphatic hydroxyl groups is 2. The number of phenols is 1. The molecule has 1 aliphatic carbocycles. The predicted molar refractivity (Wildman–Crippen MR) is 159 cm³/mol. The lowest BCUT2D eigenvalue weighted by Gasteiger charge is -2.20. The van der Waals surface area contributed by atoms with Crippen molar-refractivity contribution in [1.29, 1.82) is 0 Å². The molecule has 4 nitrogen and oxygen atoms in total. The Kier molecular flexibility index (Phi) is 11.7. The Morgan fingerprint density at radius 2 is 1.64 bits per heavy atom. The number of allylic oxidation sites excluding steroid dienone is 1. The van der Waals surface area contributed by atoms with E-state index in [0.717, 1.165) is 60.5 Å². The third kappa shape index (κ3) is 9.03. The van der Waals surface area contributed by atoms with E-state index in [1.54, 1.807) is 18.2 Å². The highest BCUT2D eigenvalue weighted by Gasteiger charge is 2.24. The van der Waals surface area contributed by atoms with Gasteiger partial charge in [0, 0.05) is 5.56 Å². The normalized spacial score (nSPS) is 14.2. The van der Waals surface area contributed by atoms with E-state index in [4.69, 9.17) is 0 Å². The van der Waals surface area contributed by atoms with Crippen LogP contribution in [0.25, 0.3) is 11.1 Å². The fourth-order valence-electron chi connectivity index (χ4n) is 4.84. The third-order valence-electron chi connectivity index (χ3n) is 7.37. The minimum Gasteiger partial charge on any atom is -0.508 e.